The molecule has 0 spiro atoms. The fraction of sp³-hybridized carbons (Fsp3) is 0.348. The van der Waals surface area contributed by atoms with Gasteiger partial charge in [0.25, 0.3) is 0 Å². The normalized spacial score (nSPS) is 18.1. The maximum Gasteiger partial charge on any atom is 0.237 e. The van der Waals surface area contributed by atoms with E-state index in [2.05, 4.69) is 46.2 Å². The van der Waals surface area contributed by atoms with Crippen LogP contribution in [0, 0.1) is 0 Å². The van der Waals surface area contributed by atoms with Crippen molar-refractivity contribution in [2.75, 3.05) is 50.7 Å². The molecule has 1 amide bonds. The number of amides is 1. The molecule has 0 N–H and O–H groups in total. The predicted molar refractivity (Wildman–Crippen MR) is 116 cm³/mol. The van der Waals surface area contributed by atoms with Crippen LogP contribution >= 0.6 is 11.6 Å². The van der Waals surface area contributed by atoms with Crippen molar-refractivity contribution in [3.05, 3.63) is 71.3 Å². The number of anilines is 1. The summed E-state index contributed by atoms with van der Waals surface area (Å²) in [5.74, 6) is 0.231. The summed E-state index contributed by atoms with van der Waals surface area (Å²) in [7, 11) is 0. The molecule has 0 saturated carbocycles. The first kappa shape index (κ1) is 19.0. The molecule has 2 aromatic rings. The smallest absolute Gasteiger partial charge is 0.237 e. The zero-order valence-electron chi connectivity index (χ0n) is 16.1. The lowest BCUT2D eigenvalue weighted by atomic mass is 9.99. The topological polar surface area (TPSA) is 26.8 Å². The summed E-state index contributed by atoms with van der Waals surface area (Å²) in [4.78, 5) is 19.3. The molecule has 4 rings (SSSR count). The van der Waals surface area contributed by atoms with E-state index in [9.17, 15) is 4.79 Å². The Hall–Kier alpha value is -2.30. The molecule has 2 aliphatic heterocycles. The number of para-hydroxylation sites is 1. The number of benzene rings is 2. The van der Waals surface area contributed by atoms with Crippen molar-refractivity contribution >= 4 is 28.8 Å². The van der Waals surface area contributed by atoms with E-state index in [0.29, 0.717) is 13.1 Å². The summed E-state index contributed by atoms with van der Waals surface area (Å²) in [5, 5.41) is 0.793. The van der Waals surface area contributed by atoms with E-state index in [1.165, 1.54) is 11.1 Å². The zero-order chi connectivity index (χ0) is 19.3. The fourth-order valence-electron chi connectivity index (χ4n) is 3.96. The molecule has 0 radical (unpaired) electrons. The minimum atomic E-state index is 0.231. The number of rotatable bonds is 4. The molecule has 0 aromatic heterocycles. The summed E-state index contributed by atoms with van der Waals surface area (Å²) in [5.41, 5.74) is 3.70. The maximum absolute atomic E-state index is 12.7. The number of nitrogens with zero attached hydrogens (tertiary/aromatic N) is 3. The standard InChI is InChI=1S/C23H26ClN3O/c24-21-8-4-5-9-22(21)26-16-14-25(15-17-26)18-23(28)27-12-10-20(11-13-27)19-6-2-1-3-7-19/h1-10H,11-18H2. The molecule has 0 atom stereocenters. The highest BCUT2D eigenvalue weighted by Gasteiger charge is 2.23. The van der Waals surface area contributed by atoms with Crippen molar-refractivity contribution < 1.29 is 4.79 Å². The zero-order valence-corrected chi connectivity index (χ0v) is 16.8. The van der Waals surface area contributed by atoms with Gasteiger partial charge in [0, 0.05) is 39.3 Å². The van der Waals surface area contributed by atoms with Gasteiger partial charge in [-0.15, -0.1) is 0 Å². The Morgan fingerprint density at radius 1 is 0.893 bits per heavy atom. The molecule has 0 aliphatic carbocycles. The average Bonchev–Trinajstić information content (AvgIpc) is 2.75. The van der Waals surface area contributed by atoms with Crippen LogP contribution in [0.2, 0.25) is 5.02 Å². The SMILES string of the molecule is O=C(CN1CCN(c2ccccc2Cl)CC1)N1CC=C(c2ccccc2)CC1. The van der Waals surface area contributed by atoms with Gasteiger partial charge < -0.3 is 9.80 Å². The Morgan fingerprint density at radius 3 is 2.29 bits per heavy atom. The Bertz CT molecular complexity index is 844. The van der Waals surface area contributed by atoms with E-state index in [-0.39, 0.29) is 5.91 Å². The maximum atomic E-state index is 12.7. The Balaban J connectivity index is 1.27. The highest BCUT2D eigenvalue weighted by atomic mass is 35.5. The number of hydrogen-bond donors (Lipinski definition) is 0. The van der Waals surface area contributed by atoms with Crippen LogP contribution in [0.25, 0.3) is 5.57 Å². The van der Waals surface area contributed by atoms with E-state index >= 15 is 0 Å². The molecule has 5 heteroatoms. The third-order valence-electron chi connectivity index (χ3n) is 5.63. The number of hydrogen-bond acceptors (Lipinski definition) is 3. The largest absolute Gasteiger partial charge is 0.368 e. The molecular formula is C23H26ClN3O. The van der Waals surface area contributed by atoms with Crippen LogP contribution in [0.5, 0.6) is 0 Å². The van der Waals surface area contributed by atoms with Gasteiger partial charge in [0.2, 0.25) is 5.91 Å². The Morgan fingerprint density at radius 2 is 1.61 bits per heavy atom. The highest BCUT2D eigenvalue weighted by Crippen LogP contribution is 2.26. The third kappa shape index (κ3) is 4.40. The first-order valence-electron chi connectivity index (χ1n) is 9.95. The molecule has 0 unspecified atom stereocenters. The molecular weight excluding hydrogens is 370 g/mol. The molecule has 2 aliphatic rings. The number of piperazine rings is 1. The summed E-state index contributed by atoms with van der Waals surface area (Å²) >= 11 is 6.31. The molecule has 2 aromatic carbocycles. The molecule has 2 heterocycles. The third-order valence-corrected chi connectivity index (χ3v) is 5.95. The Kier molecular flexibility index (Phi) is 5.98. The van der Waals surface area contributed by atoms with E-state index in [1.54, 1.807) is 0 Å². The van der Waals surface area contributed by atoms with Crippen molar-refractivity contribution in [1.29, 1.82) is 0 Å². The van der Waals surface area contributed by atoms with Gasteiger partial charge in [-0.1, -0.05) is 60.1 Å². The van der Waals surface area contributed by atoms with Crippen LogP contribution in [0.4, 0.5) is 5.69 Å². The molecule has 1 fully saturated rings. The second-order valence-corrected chi connectivity index (χ2v) is 7.81. The first-order valence-corrected chi connectivity index (χ1v) is 10.3. The van der Waals surface area contributed by atoms with Gasteiger partial charge in [-0.25, -0.2) is 0 Å². The van der Waals surface area contributed by atoms with Gasteiger partial charge >= 0.3 is 0 Å². The van der Waals surface area contributed by atoms with Gasteiger partial charge in [-0.3, -0.25) is 9.69 Å². The van der Waals surface area contributed by atoms with Crippen LogP contribution in [-0.2, 0) is 4.79 Å². The van der Waals surface area contributed by atoms with Crippen molar-refractivity contribution in [3.8, 4) is 0 Å². The summed E-state index contributed by atoms with van der Waals surface area (Å²) in [6, 6.07) is 18.4. The van der Waals surface area contributed by atoms with Crippen molar-refractivity contribution in [1.82, 2.24) is 9.80 Å². The van der Waals surface area contributed by atoms with E-state index in [4.69, 9.17) is 11.6 Å². The quantitative estimate of drug-likeness (QED) is 0.788. The van der Waals surface area contributed by atoms with Crippen LogP contribution in [-0.4, -0.2) is 61.5 Å². The monoisotopic (exact) mass is 395 g/mol. The first-order chi connectivity index (χ1) is 13.7. The minimum absolute atomic E-state index is 0.231. The molecule has 1 saturated heterocycles. The van der Waals surface area contributed by atoms with E-state index < -0.39 is 0 Å². The molecule has 0 bridgehead atoms. The average molecular weight is 396 g/mol. The summed E-state index contributed by atoms with van der Waals surface area (Å²) in [6.45, 7) is 5.59. The molecule has 28 heavy (non-hydrogen) atoms. The Labute approximate surface area is 172 Å². The molecule has 146 valence electrons. The van der Waals surface area contributed by atoms with Crippen LogP contribution in [0.3, 0.4) is 0 Å². The van der Waals surface area contributed by atoms with Crippen molar-refractivity contribution in [2.24, 2.45) is 0 Å². The number of halogens is 1. The van der Waals surface area contributed by atoms with E-state index in [0.717, 1.165) is 49.9 Å². The van der Waals surface area contributed by atoms with Crippen LogP contribution < -0.4 is 4.90 Å². The summed E-state index contributed by atoms with van der Waals surface area (Å²) in [6.07, 6.45) is 3.13. The highest BCUT2D eigenvalue weighted by molar-refractivity contribution is 6.33. The van der Waals surface area contributed by atoms with Gasteiger partial charge in [-0.2, -0.15) is 0 Å². The fourth-order valence-corrected chi connectivity index (χ4v) is 4.21. The van der Waals surface area contributed by atoms with Crippen molar-refractivity contribution in [3.63, 3.8) is 0 Å². The van der Waals surface area contributed by atoms with Crippen LogP contribution in [0.15, 0.2) is 60.7 Å². The lowest BCUT2D eigenvalue weighted by Gasteiger charge is -2.37. The van der Waals surface area contributed by atoms with Crippen LogP contribution in [0.1, 0.15) is 12.0 Å². The second kappa shape index (κ2) is 8.80. The molecule has 4 nitrogen and oxygen atoms in total. The minimum Gasteiger partial charge on any atom is -0.368 e. The van der Waals surface area contributed by atoms with Crippen molar-refractivity contribution in [2.45, 2.75) is 6.42 Å². The number of carbonyl (C=O) groups excluding carboxylic acids is 1. The van der Waals surface area contributed by atoms with Gasteiger partial charge in [0.15, 0.2) is 0 Å². The van der Waals surface area contributed by atoms with E-state index in [1.807, 2.05) is 29.2 Å². The second-order valence-electron chi connectivity index (χ2n) is 7.40. The predicted octanol–water partition coefficient (Wildman–Crippen LogP) is 3.78. The van der Waals surface area contributed by atoms with Gasteiger partial charge in [0.05, 0.1) is 17.3 Å². The lowest BCUT2D eigenvalue weighted by molar-refractivity contribution is -0.132. The summed E-state index contributed by atoms with van der Waals surface area (Å²) < 4.78 is 0. The lowest BCUT2D eigenvalue weighted by Crippen LogP contribution is -2.50. The number of carbonyl (C=O) groups is 1. The van der Waals surface area contributed by atoms with Gasteiger partial charge in [-0.05, 0) is 29.7 Å². The van der Waals surface area contributed by atoms with Gasteiger partial charge in [0.1, 0.15) is 0 Å².